The maximum Gasteiger partial charge on any atom is 0.107 e. The fourth-order valence-electron chi connectivity index (χ4n) is 4.14. The number of hydrogen-bond acceptors (Lipinski definition) is 5. The van der Waals surface area contributed by atoms with Crippen LogP contribution in [0.4, 0.5) is 0 Å². The van der Waals surface area contributed by atoms with Crippen LogP contribution in [-0.4, -0.2) is 56.8 Å². The van der Waals surface area contributed by atoms with Gasteiger partial charge in [0.2, 0.25) is 0 Å². The van der Waals surface area contributed by atoms with E-state index in [2.05, 4.69) is 43.2 Å². The van der Waals surface area contributed by atoms with E-state index in [4.69, 9.17) is 0 Å². The summed E-state index contributed by atoms with van der Waals surface area (Å²) in [4.78, 5) is 9.62. The van der Waals surface area contributed by atoms with Gasteiger partial charge in [0.1, 0.15) is 5.01 Å². The van der Waals surface area contributed by atoms with Crippen LogP contribution in [0, 0.1) is 5.92 Å². The van der Waals surface area contributed by atoms with E-state index in [1.165, 1.54) is 30.9 Å². The highest BCUT2D eigenvalue weighted by Gasteiger charge is 2.41. The average Bonchev–Trinajstić information content (AvgIpc) is 3.24. The van der Waals surface area contributed by atoms with Crippen molar-refractivity contribution in [2.75, 3.05) is 20.1 Å². The lowest BCUT2D eigenvalue weighted by Gasteiger charge is -2.37. The lowest BCUT2D eigenvalue weighted by atomic mass is 9.92. The summed E-state index contributed by atoms with van der Waals surface area (Å²) in [5.41, 5.74) is 0. The summed E-state index contributed by atoms with van der Waals surface area (Å²) in [6.45, 7) is 4.45. The van der Waals surface area contributed by atoms with E-state index in [-0.39, 0.29) is 0 Å². The van der Waals surface area contributed by atoms with Gasteiger partial charge in [-0.1, -0.05) is 0 Å². The van der Waals surface area contributed by atoms with Gasteiger partial charge in [0.15, 0.2) is 0 Å². The van der Waals surface area contributed by atoms with Crippen molar-refractivity contribution in [3.63, 3.8) is 0 Å². The topological polar surface area (TPSA) is 37.2 Å². The van der Waals surface area contributed by atoms with Gasteiger partial charge in [0.05, 0.1) is 13.1 Å². The Balaban J connectivity index is 1.38. The van der Waals surface area contributed by atoms with Crippen LogP contribution in [0.25, 0.3) is 0 Å². The van der Waals surface area contributed by atoms with Crippen LogP contribution in [0.1, 0.15) is 17.8 Å². The van der Waals surface area contributed by atoms with Crippen molar-refractivity contribution >= 4 is 11.3 Å². The maximum absolute atomic E-state index is 4.43. The standard InChI is InChI=1S/C16H23N5S/c1-19-14(11-21-6-2-4-18-21)9-13-10-20(7-3-15(13)19)12-16-17-5-8-22-16/h2,4-6,8,13-15H,3,7,9-12H2,1H3/t13-,14?,15+/m1/s1. The molecule has 0 amide bonds. The van der Waals surface area contributed by atoms with Crippen molar-refractivity contribution in [2.45, 2.75) is 38.0 Å². The molecule has 0 aromatic carbocycles. The molecule has 0 bridgehead atoms. The molecule has 22 heavy (non-hydrogen) atoms. The molecule has 2 aliphatic heterocycles. The molecule has 2 fully saturated rings. The SMILES string of the molecule is CN1C(Cn2cccn2)C[C@@H]2CN(Cc3nccs3)CC[C@@H]21. The number of likely N-dealkylation sites (tertiary alicyclic amines) is 2. The molecule has 0 N–H and O–H groups in total. The summed E-state index contributed by atoms with van der Waals surface area (Å²) in [5, 5.41) is 7.69. The van der Waals surface area contributed by atoms with E-state index >= 15 is 0 Å². The quantitative estimate of drug-likeness (QED) is 0.863. The number of rotatable bonds is 4. The highest BCUT2D eigenvalue weighted by atomic mass is 32.1. The number of fused-ring (bicyclic) bond motifs is 1. The third-order valence-corrected chi connectivity index (χ3v) is 6.02. The Labute approximate surface area is 135 Å². The van der Waals surface area contributed by atoms with Crippen LogP contribution in [0.15, 0.2) is 30.0 Å². The largest absolute Gasteiger partial charge is 0.298 e. The molecule has 2 saturated heterocycles. The van der Waals surface area contributed by atoms with Crippen LogP contribution < -0.4 is 0 Å². The molecule has 1 unspecified atom stereocenters. The monoisotopic (exact) mass is 317 g/mol. The number of nitrogens with zero attached hydrogens (tertiary/aromatic N) is 5. The molecule has 0 spiro atoms. The second-order valence-corrected chi connectivity index (χ2v) is 7.54. The molecule has 2 aliphatic rings. The smallest absolute Gasteiger partial charge is 0.107 e. The van der Waals surface area contributed by atoms with Crippen molar-refractivity contribution in [3.05, 3.63) is 35.0 Å². The van der Waals surface area contributed by atoms with E-state index in [0.717, 1.165) is 25.0 Å². The van der Waals surface area contributed by atoms with Crippen LogP contribution in [0.5, 0.6) is 0 Å². The summed E-state index contributed by atoms with van der Waals surface area (Å²) < 4.78 is 2.08. The number of likely N-dealkylation sites (N-methyl/N-ethyl adjacent to an activating group) is 1. The minimum Gasteiger partial charge on any atom is -0.298 e. The van der Waals surface area contributed by atoms with E-state index in [1.54, 1.807) is 11.3 Å². The number of aromatic nitrogens is 3. The van der Waals surface area contributed by atoms with Gasteiger partial charge in [-0.2, -0.15) is 5.10 Å². The van der Waals surface area contributed by atoms with E-state index < -0.39 is 0 Å². The molecular formula is C16H23N5S. The van der Waals surface area contributed by atoms with E-state index in [1.807, 2.05) is 18.5 Å². The van der Waals surface area contributed by atoms with Crippen molar-refractivity contribution < 1.29 is 0 Å². The first kappa shape index (κ1) is 14.4. The first-order valence-corrected chi connectivity index (χ1v) is 8.97. The van der Waals surface area contributed by atoms with Gasteiger partial charge in [-0.3, -0.25) is 14.5 Å². The van der Waals surface area contributed by atoms with Crippen molar-refractivity contribution in [2.24, 2.45) is 5.92 Å². The van der Waals surface area contributed by atoms with Crippen LogP contribution in [0.2, 0.25) is 0 Å². The predicted octanol–water partition coefficient (Wildman–Crippen LogP) is 1.93. The third kappa shape index (κ3) is 2.83. The minimum atomic E-state index is 0.620. The molecule has 3 atom stereocenters. The Hall–Kier alpha value is -1.24. The average molecular weight is 317 g/mol. The molecule has 0 radical (unpaired) electrons. The van der Waals surface area contributed by atoms with Gasteiger partial charge >= 0.3 is 0 Å². The third-order valence-electron chi connectivity index (χ3n) is 5.25. The van der Waals surface area contributed by atoms with Crippen LogP contribution in [-0.2, 0) is 13.1 Å². The summed E-state index contributed by atoms with van der Waals surface area (Å²) >= 11 is 1.77. The highest BCUT2D eigenvalue weighted by Crippen LogP contribution is 2.35. The zero-order valence-corrected chi connectivity index (χ0v) is 13.8. The second kappa shape index (κ2) is 6.10. The lowest BCUT2D eigenvalue weighted by molar-refractivity contribution is 0.109. The summed E-state index contributed by atoms with van der Waals surface area (Å²) in [6, 6.07) is 3.38. The fraction of sp³-hybridized carbons (Fsp3) is 0.625. The Morgan fingerprint density at radius 3 is 3.09 bits per heavy atom. The molecule has 118 valence electrons. The van der Waals surface area contributed by atoms with Gasteiger partial charge in [0.25, 0.3) is 0 Å². The summed E-state index contributed by atoms with van der Waals surface area (Å²) in [6.07, 6.45) is 8.43. The highest BCUT2D eigenvalue weighted by molar-refractivity contribution is 7.09. The first-order valence-electron chi connectivity index (χ1n) is 8.09. The summed E-state index contributed by atoms with van der Waals surface area (Å²) in [7, 11) is 2.30. The predicted molar refractivity (Wildman–Crippen MR) is 87.7 cm³/mol. The molecule has 6 heteroatoms. The van der Waals surface area contributed by atoms with Crippen molar-refractivity contribution in [1.82, 2.24) is 24.6 Å². The number of thiazole rings is 1. The Bertz CT molecular complexity index is 580. The van der Waals surface area contributed by atoms with Gasteiger partial charge in [-0.15, -0.1) is 11.3 Å². The van der Waals surface area contributed by atoms with Crippen molar-refractivity contribution in [1.29, 1.82) is 0 Å². The molecule has 4 heterocycles. The Morgan fingerprint density at radius 2 is 2.32 bits per heavy atom. The van der Waals surface area contributed by atoms with Crippen molar-refractivity contribution in [3.8, 4) is 0 Å². The van der Waals surface area contributed by atoms with E-state index in [9.17, 15) is 0 Å². The minimum absolute atomic E-state index is 0.620. The molecule has 0 saturated carbocycles. The lowest BCUT2D eigenvalue weighted by Crippen LogP contribution is -2.45. The Morgan fingerprint density at radius 1 is 1.36 bits per heavy atom. The van der Waals surface area contributed by atoms with Gasteiger partial charge < -0.3 is 0 Å². The molecule has 2 aromatic heterocycles. The molecule has 4 rings (SSSR count). The maximum atomic E-state index is 4.43. The number of hydrogen-bond donors (Lipinski definition) is 0. The van der Waals surface area contributed by atoms with E-state index in [0.29, 0.717) is 6.04 Å². The molecule has 0 aliphatic carbocycles. The zero-order chi connectivity index (χ0) is 14.9. The zero-order valence-electron chi connectivity index (χ0n) is 13.0. The normalized spacial score (nSPS) is 29.8. The second-order valence-electron chi connectivity index (χ2n) is 6.56. The summed E-state index contributed by atoms with van der Waals surface area (Å²) in [5.74, 6) is 0.791. The van der Waals surface area contributed by atoms with Gasteiger partial charge in [0, 0.05) is 49.1 Å². The molecular weight excluding hydrogens is 294 g/mol. The first-order chi connectivity index (χ1) is 10.8. The number of piperidine rings is 1. The van der Waals surface area contributed by atoms with Crippen LogP contribution in [0.3, 0.4) is 0 Å². The van der Waals surface area contributed by atoms with Gasteiger partial charge in [-0.05, 0) is 31.9 Å². The van der Waals surface area contributed by atoms with Gasteiger partial charge in [-0.25, -0.2) is 4.98 Å². The molecule has 2 aromatic rings. The Kier molecular flexibility index (Phi) is 3.98. The fourth-order valence-corrected chi connectivity index (χ4v) is 4.80. The molecule has 5 nitrogen and oxygen atoms in total. The van der Waals surface area contributed by atoms with Crippen LogP contribution >= 0.6 is 11.3 Å².